The SMILES string of the molecule is N#Cc1cccc(-n2c3ccccc3c3cccnc32)c1-c1ccccc1-n1c2ccccc2n2c3ccccc3nc12. The fourth-order valence-electron chi connectivity index (χ4n) is 6.61. The molecule has 43 heavy (non-hydrogen) atoms. The van der Waals surface area contributed by atoms with Crippen LogP contribution in [-0.2, 0) is 0 Å². The van der Waals surface area contributed by atoms with Gasteiger partial charge < -0.3 is 0 Å². The molecule has 0 aliphatic heterocycles. The van der Waals surface area contributed by atoms with Crippen LogP contribution in [0.5, 0.6) is 0 Å². The van der Waals surface area contributed by atoms with Crippen LogP contribution in [0.1, 0.15) is 5.56 Å². The molecule has 0 saturated carbocycles. The second kappa shape index (κ2) is 8.90. The lowest BCUT2D eigenvalue weighted by atomic mass is 9.96. The molecule has 6 heteroatoms. The maximum atomic E-state index is 10.5. The fourth-order valence-corrected chi connectivity index (χ4v) is 6.61. The fraction of sp³-hybridized carbons (Fsp3) is 0. The molecule has 6 nitrogen and oxygen atoms in total. The van der Waals surface area contributed by atoms with Crippen molar-refractivity contribution >= 4 is 49.8 Å². The number of imidazole rings is 2. The van der Waals surface area contributed by atoms with Crippen LogP contribution in [0.25, 0.3) is 72.3 Å². The Labute approximate surface area is 245 Å². The minimum absolute atomic E-state index is 0.591. The second-order valence-corrected chi connectivity index (χ2v) is 10.6. The molecular weight excluding hydrogens is 528 g/mol. The molecule has 0 fully saturated rings. The lowest BCUT2D eigenvalue weighted by molar-refractivity contribution is 1.10. The summed E-state index contributed by atoms with van der Waals surface area (Å²) in [6.45, 7) is 0. The Hall–Kier alpha value is -6.19. The van der Waals surface area contributed by atoms with Gasteiger partial charge in [0.1, 0.15) is 5.65 Å². The van der Waals surface area contributed by atoms with E-state index in [9.17, 15) is 5.26 Å². The average molecular weight is 551 g/mol. The zero-order valence-electron chi connectivity index (χ0n) is 22.9. The number of aromatic nitrogens is 5. The summed E-state index contributed by atoms with van der Waals surface area (Å²) in [5.41, 5.74) is 10.2. The maximum Gasteiger partial charge on any atom is 0.220 e. The standard InChI is InChI=1S/C37H22N6/c38-23-24-11-9-21-34(41-29-16-4-1-12-25(29)26-14-10-22-39-36(26)41)35(24)27-13-2-5-17-30(27)42-32-19-7-8-20-33(32)43-31-18-6-3-15-28(31)40-37(42)43/h1-22H. The van der Waals surface area contributed by atoms with Crippen molar-refractivity contribution in [2.24, 2.45) is 0 Å². The molecule has 9 aromatic rings. The van der Waals surface area contributed by atoms with E-state index in [-0.39, 0.29) is 0 Å². The van der Waals surface area contributed by atoms with E-state index < -0.39 is 0 Å². The lowest BCUT2D eigenvalue weighted by Crippen LogP contribution is -2.04. The molecule has 0 unspecified atom stereocenters. The Morgan fingerprint density at radius 2 is 1.26 bits per heavy atom. The van der Waals surface area contributed by atoms with Crippen molar-refractivity contribution in [2.75, 3.05) is 0 Å². The highest BCUT2D eigenvalue weighted by molar-refractivity contribution is 6.08. The van der Waals surface area contributed by atoms with E-state index in [1.165, 1.54) is 0 Å². The molecule has 0 amide bonds. The predicted octanol–water partition coefficient (Wildman–Crippen LogP) is 8.46. The van der Waals surface area contributed by atoms with Crippen molar-refractivity contribution in [3.63, 3.8) is 0 Å². The van der Waals surface area contributed by atoms with Gasteiger partial charge in [-0.3, -0.25) is 13.5 Å². The highest BCUT2D eigenvalue weighted by Crippen LogP contribution is 2.40. The zero-order valence-corrected chi connectivity index (χ0v) is 22.9. The Morgan fingerprint density at radius 3 is 2.14 bits per heavy atom. The van der Waals surface area contributed by atoms with Gasteiger partial charge in [0.05, 0.1) is 50.6 Å². The molecular formula is C37H22N6. The van der Waals surface area contributed by atoms with E-state index in [0.717, 1.165) is 72.3 Å². The van der Waals surface area contributed by atoms with Crippen LogP contribution in [0.4, 0.5) is 0 Å². The number of fused-ring (bicyclic) bond motifs is 8. The zero-order chi connectivity index (χ0) is 28.5. The Balaban J connectivity index is 1.42. The molecule has 200 valence electrons. The summed E-state index contributed by atoms with van der Waals surface area (Å²) < 4.78 is 6.62. The molecule has 5 aromatic carbocycles. The molecule has 0 radical (unpaired) electrons. The van der Waals surface area contributed by atoms with E-state index in [4.69, 9.17) is 9.97 Å². The molecule has 0 aliphatic rings. The van der Waals surface area contributed by atoms with E-state index >= 15 is 0 Å². The summed E-state index contributed by atoms with van der Waals surface area (Å²) in [6, 6.07) is 45.7. The molecule has 0 saturated heterocycles. The Bertz CT molecular complexity index is 2540. The molecule has 9 rings (SSSR count). The van der Waals surface area contributed by atoms with Gasteiger partial charge in [-0.1, -0.05) is 66.7 Å². The van der Waals surface area contributed by atoms with Crippen LogP contribution in [0.2, 0.25) is 0 Å². The third kappa shape index (κ3) is 3.22. The van der Waals surface area contributed by atoms with Gasteiger partial charge in [-0.05, 0) is 60.7 Å². The number of pyridine rings is 1. The molecule has 0 atom stereocenters. The van der Waals surface area contributed by atoms with Gasteiger partial charge in [-0.15, -0.1) is 0 Å². The van der Waals surface area contributed by atoms with Crippen molar-refractivity contribution in [1.29, 1.82) is 5.26 Å². The lowest BCUT2D eigenvalue weighted by Gasteiger charge is -2.18. The minimum atomic E-state index is 0.591. The van der Waals surface area contributed by atoms with Crippen LogP contribution >= 0.6 is 0 Å². The van der Waals surface area contributed by atoms with Crippen LogP contribution in [-0.4, -0.2) is 23.5 Å². The largest absolute Gasteiger partial charge is 0.293 e. The quantitative estimate of drug-likeness (QED) is 0.222. The predicted molar refractivity (Wildman–Crippen MR) is 172 cm³/mol. The highest BCUT2D eigenvalue weighted by Gasteiger charge is 2.23. The number of rotatable bonds is 3. The maximum absolute atomic E-state index is 10.5. The van der Waals surface area contributed by atoms with Gasteiger partial charge in [0.25, 0.3) is 0 Å². The number of nitrogens with zero attached hydrogens (tertiary/aromatic N) is 6. The first-order chi connectivity index (χ1) is 21.3. The summed E-state index contributed by atoms with van der Waals surface area (Å²) in [7, 11) is 0. The monoisotopic (exact) mass is 550 g/mol. The summed E-state index contributed by atoms with van der Waals surface area (Å²) in [6.07, 6.45) is 1.82. The molecule has 4 aromatic heterocycles. The number of nitriles is 1. The second-order valence-electron chi connectivity index (χ2n) is 10.6. The van der Waals surface area contributed by atoms with Gasteiger partial charge >= 0.3 is 0 Å². The third-order valence-corrected chi connectivity index (χ3v) is 8.36. The van der Waals surface area contributed by atoms with Crippen molar-refractivity contribution in [3.05, 3.63) is 139 Å². The van der Waals surface area contributed by atoms with Crippen LogP contribution in [0.15, 0.2) is 134 Å². The number of benzene rings is 5. The minimum Gasteiger partial charge on any atom is -0.293 e. The van der Waals surface area contributed by atoms with Crippen molar-refractivity contribution in [3.8, 4) is 28.6 Å². The van der Waals surface area contributed by atoms with Crippen LogP contribution in [0, 0.1) is 11.3 Å². The van der Waals surface area contributed by atoms with Gasteiger partial charge in [0, 0.05) is 28.1 Å². The van der Waals surface area contributed by atoms with Gasteiger partial charge in [-0.2, -0.15) is 5.26 Å². The Morgan fingerprint density at radius 1 is 0.558 bits per heavy atom. The van der Waals surface area contributed by atoms with Gasteiger partial charge in [0.15, 0.2) is 0 Å². The Kier molecular flexibility index (Phi) is 4.87. The normalized spacial score (nSPS) is 11.7. The molecule has 0 spiro atoms. The first-order valence-electron chi connectivity index (χ1n) is 14.2. The van der Waals surface area contributed by atoms with E-state index in [1.54, 1.807) is 0 Å². The highest BCUT2D eigenvalue weighted by atomic mass is 15.2. The van der Waals surface area contributed by atoms with Crippen molar-refractivity contribution in [1.82, 2.24) is 23.5 Å². The van der Waals surface area contributed by atoms with Crippen molar-refractivity contribution in [2.45, 2.75) is 0 Å². The van der Waals surface area contributed by atoms with Crippen molar-refractivity contribution < 1.29 is 0 Å². The smallest absolute Gasteiger partial charge is 0.220 e. The molecule has 0 bridgehead atoms. The third-order valence-electron chi connectivity index (χ3n) is 8.36. The number of hydrogen-bond acceptors (Lipinski definition) is 3. The molecule has 0 N–H and O–H groups in total. The average Bonchev–Trinajstić information content (AvgIpc) is 3.71. The summed E-state index contributed by atoms with van der Waals surface area (Å²) >= 11 is 0. The van der Waals surface area contributed by atoms with Crippen LogP contribution in [0.3, 0.4) is 0 Å². The van der Waals surface area contributed by atoms with E-state index in [2.05, 4.69) is 92.4 Å². The summed E-state index contributed by atoms with van der Waals surface area (Å²) in [4.78, 5) is 9.93. The molecule has 0 aliphatic carbocycles. The number of hydrogen-bond donors (Lipinski definition) is 0. The first-order valence-corrected chi connectivity index (χ1v) is 14.2. The summed E-state index contributed by atoms with van der Waals surface area (Å²) in [5, 5.41) is 12.7. The summed E-state index contributed by atoms with van der Waals surface area (Å²) in [5.74, 6) is 0.823. The van der Waals surface area contributed by atoms with E-state index in [1.807, 2.05) is 60.8 Å². The molecule has 4 heterocycles. The van der Waals surface area contributed by atoms with Gasteiger partial charge in [0.2, 0.25) is 5.78 Å². The topological polar surface area (TPSA) is 63.8 Å². The number of para-hydroxylation sites is 6. The first kappa shape index (κ1) is 23.5. The van der Waals surface area contributed by atoms with E-state index in [0.29, 0.717) is 5.56 Å². The van der Waals surface area contributed by atoms with Gasteiger partial charge in [-0.25, -0.2) is 9.97 Å². The van der Waals surface area contributed by atoms with Crippen LogP contribution < -0.4 is 0 Å².